The lowest BCUT2D eigenvalue weighted by atomic mass is 9.88. The minimum Gasteiger partial charge on any atom is -0.376 e. The van der Waals surface area contributed by atoms with Crippen LogP contribution >= 0.6 is 24.0 Å². The van der Waals surface area contributed by atoms with Crippen LogP contribution in [0.3, 0.4) is 0 Å². The minimum atomic E-state index is 0. The molecule has 0 aromatic rings. The highest BCUT2D eigenvalue weighted by Gasteiger charge is 2.21. The second kappa shape index (κ2) is 9.94. The molecule has 2 N–H and O–H groups in total. The van der Waals surface area contributed by atoms with Gasteiger partial charge in [-0.05, 0) is 18.8 Å². The molecule has 5 heteroatoms. The van der Waals surface area contributed by atoms with Crippen molar-refractivity contribution < 1.29 is 4.74 Å². The molecule has 1 rings (SSSR count). The zero-order valence-electron chi connectivity index (χ0n) is 11.2. The van der Waals surface area contributed by atoms with E-state index in [1.807, 2.05) is 7.05 Å². The third-order valence-corrected chi connectivity index (χ3v) is 3.22. The van der Waals surface area contributed by atoms with Gasteiger partial charge in [-0.15, -0.1) is 24.0 Å². The van der Waals surface area contributed by atoms with E-state index in [0.717, 1.165) is 25.0 Å². The molecule has 1 fully saturated rings. The molecule has 1 aliphatic carbocycles. The normalized spacial score (nSPS) is 25.0. The summed E-state index contributed by atoms with van der Waals surface area (Å²) in [5, 5.41) is 6.17. The Balaban J connectivity index is 0.00000256. The van der Waals surface area contributed by atoms with Crippen molar-refractivity contribution in [1.82, 2.24) is 10.6 Å². The average molecular weight is 355 g/mol. The summed E-state index contributed by atoms with van der Waals surface area (Å²) in [6, 6.07) is 0. The van der Waals surface area contributed by atoms with Gasteiger partial charge in [0.05, 0.1) is 12.7 Å². The first-order chi connectivity index (χ1) is 7.77. The van der Waals surface area contributed by atoms with Gasteiger partial charge in [0.1, 0.15) is 0 Å². The maximum Gasteiger partial charge on any atom is 0.190 e. The lowest BCUT2D eigenvalue weighted by Gasteiger charge is -2.28. The Morgan fingerprint density at radius 1 is 1.35 bits per heavy atom. The second-order valence-corrected chi connectivity index (χ2v) is 4.42. The molecule has 0 radical (unpaired) electrons. The van der Waals surface area contributed by atoms with Crippen molar-refractivity contribution >= 4 is 29.9 Å². The highest BCUT2D eigenvalue weighted by molar-refractivity contribution is 14.0. The van der Waals surface area contributed by atoms with Gasteiger partial charge in [0, 0.05) is 20.6 Å². The van der Waals surface area contributed by atoms with Gasteiger partial charge in [0.25, 0.3) is 0 Å². The van der Waals surface area contributed by atoms with Gasteiger partial charge in [-0.1, -0.05) is 19.8 Å². The van der Waals surface area contributed by atoms with Gasteiger partial charge in [-0.3, -0.25) is 4.99 Å². The van der Waals surface area contributed by atoms with Gasteiger partial charge in [-0.25, -0.2) is 0 Å². The topological polar surface area (TPSA) is 45.7 Å². The van der Waals surface area contributed by atoms with Gasteiger partial charge in [-0.2, -0.15) is 0 Å². The smallest absolute Gasteiger partial charge is 0.190 e. The van der Waals surface area contributed by atoms with Crippen molar-refractivity contribution in [3.05, 3.63) is 0 Å². The van der Waals surface area contributed by atoms with Gasteiger partial charge >= 0.3 is 0 Å². The fraction of sp³-hybridized carbons (Fsp3) is 0.917. The second-order valence-electron chi connectivity index (χ2n) is 4.42. The molecule has 0 aromatic heterocycles. The fourth-order valence-electron chi connectivity index (χ4n) is 2.19. The number of hydrogen-bond donors (Lipinski definition) is 2. The van der Waals surface area contributed by atoms with Gasteiger partial charge in [0.2, 0.25) is 0 Å². The van der Waals surface area contributed by atoms with E-state index < -0.39 is 0 Å². The monoisotopic (exact) mass is 355 g/mol. The van der Waals surface area contributed by atoms with Crippen molar-refractivity contribution in [2.75, 3.05) is 27.2 Å². The zero-order valence-corrected chi connectivity index (χ0v) is 13.5. The van der Waals surface area contributed by atoms with Crippen LogP contribution < -0.4 is 10.6 Å². The van der Waals surface area contributed by atoms with Crippen LogP contribution in [0.25, 0.3) is 0 Å². The number of aliphatic imine (C=N–C) groups is 1. The Kier molecular flexibility index (Phi) is 9.91. The molecule has 102 valence electrons. The summed E-state index contributed by atoms with van der Waals surface area (Å²) in [6.45, 7) is 3.87. The molecular weight excluding hydrogens is 329 g/mol. The molecule has 0 spiro atoms. The summed E-state index contributed by atoms with van der Waals surface area (Å²) >= 11 is 0. The van der Waals surface area contributed by atoms with Crippen LogP contribution in [0.4, 0.5) is 0 Å². The van der Waals surface area contributed by atoms with E-state index in [0.29, 0.717) is 6.10 Å². The maximum atomic E-state index is 5.89. The van der Waals surface area contributed by atoms with Gasteiger partial charge in [0.15, 0.2) is 5.96 Å². The minimum absolute atomic E-state index is 0. The third-order valence-electron chi connectivity index (χ3n) is 3.22. The predicted octanol–water partition coefficient (Wildman–Crippen LogP) is 1.99. The van der Waals surface area contributed by atoms with Crippen LogP contribution in [0.15, 0.2) is 4.99 Å². The molecule has 1 aliphatic rings. The Hall–Kier alpha value is -0.0400. The van der Waals surface area contributed by atoms with Crippen LogP contribution in [0, 0.1) is 5.92 Å². The van der Waals surface area contributed by atoms with Crippen LogP contribution in [0.5, 0.6) is 0 Å². The standard InChI is InChI=1S/C12H25N3O.HI/c1-10-6-4-5-7-11(10)16-9-8-15-12(13-2)14-3;/h10-11H,4-9H2,1-3H3,(H2,13,14,15);1H. The van der Waals surface area contributed by atoms with Crippen molar-refractivity contribution in [2.24, 2.45) is 10.9 Å². The van der Waals surface area contributed by atoms with Crippen molar-refractivity contribution in [3.8, 4) is 0 Å². The maximum absolute atomic E-state index is 5.89. The van der Waals surface area contributed by atoms with Crippen LogP contribution in [0.2, 0.25) is 0 Å². The quantitative estimate of drug-likeness (QED) is 0.351. The molecule has 0 saturated heterocycles. The SMILES string of the molecule is CN=C(NC)NCCOC1CCCCC1C.I. The highest BCUT2D eigenvalue weighted by atomic mass is 127. The summed E-state index contributed by atoms with van der Waals surface area (Å²) < 4.78 is 5.89. The number of guanidine groups is 1. The summed E-state index contributed by atoms with van der Waals surface area (Å²) in [6.07, 6.45) is 5.69. The van der Waals surface area contributed by atoms with Crippen LogP contribution in [-0.2, 0) is 4.74 Å². The van der Waals surface area contributed by atoms with E-state index in [2.05, 4.69) is 22.5 Å². The molecule has 0 heterocycles. The molecule has 4 nitrogen and oxygen atoms in total. The average Bonchev–Trinajstić information content (AvgIpc) is 2.31. The Labute approximate surface area is 122 Å². The summed E-state index contributed by atoms with van der Waals surface area (Å²) in [5.41, 5.74) is 0. The first kappa shape index (κ1) is 17.0. The van der Waals surface area contributed by atoms with Gasteiger partial charge < -0.3 is 15.4 Å². The van der Waals surface area contributed by atoms with Crippen molar-refractivity contribution in [1.29, 1.82) is 0 Å². The van der Waals surface area contributed by atoms with E-state index in [4.69, 9.17) is 4.74 Å². The zero-order chi connectivity index (χ0) is 11.8. The molecule has 0 bridgehead atoms. The number of nitrogens with zero attached hydrogens (tertiary/aromatic N) is 1. The molecule has 17 heavy (non-hydrogen) atoms. The fourth-order valence-corrected chi connectivity index (χ4v) is 2.19. The highest BCUT2D eigenvalue weighted by Crippen LogP contribution is 2.25. The number of nitrogens with one attached hydrogen (secondary N) is 2. The molecule has 0 amide bonds. The lowest BCUT2D eigenvalue weighted by molar-refractivity contribution is -0.00202. The molecular formula is C12H26IN3O. The summed E-state index contributed by atoms with van der Waals surface area (Å²) in [7, 11) is 3.63. The van der Waals surface area contributed by atoms with Crippen LogP contribution in [-0.4, -0.2) is 39.3 Å². The van der Waals surface area contributed by atoms with E-state index in [1.165, 1.54) is 25.7 Å². The molecule has 0 aliphatic heterocycles. The Morgan fingerprint density at radius 3 is 2.65 bits per heavy atom. The van der Waals surface area contributed by atoms with E-state index in [-0.39, 0.29) is 24.0 Å². The molecule has 2 unspecified atom stereocenters. The Morgan fingerprint density at radius 2 is 2.06 bits per heavy atom. The van der Waals surface area contributed by atoms with E-state index in [9.17, 15) is 0 Å². The van der Waals surface area contributed by atoms with Crippen molar-refractivity contribution in [2.45, 2.75) is 38.7 Å². The van der Waals surface area contributed by atoms with E-state index >= 15 is 0 Å². The summed E-state index contributed by atoms with van der Waals surface area (Å²) in [4.78, 5) is 4.04. The molecule has 1 saturated carbocycles. The number of ether oxygens (including phenoxy) is 1. The van der Waals surface area contributed by atoms with Crippen LogP contribution in [0.1, 0.15) is 32.6 Å². The Bertz CT molecular complexity index is 224. The largest absolute Gasteiger partial charge is 0.376 e. The lowest BCUT2D eigenvalue weighted by Crippen LogP contribution is -2.37. The number of halogens is 1. The molecule has 0 aromatic carbocycles. The van der Waals surface area contributed by atoms with E-state index in [1.54, 1.807) is 7.05 Å². The number of hydrogen-bond acceptors (Lipinski definition) is 2. The predicted molar refractivity (Wildman–Crippen MR) is 83.2 cm³/mol. The first-order valence-corrected chi connectivity index (χ1v) is 6.28. The third kappa shape index (κ3) is 6.45. The molecule has 2 atom stereocenters. The van der Waals surface area contributed by atoms with Crippen molar-refractivity contribution in [3.63, 3.8) is 0 Å². The summed E-state index contributed by atoms with van der Waals surface area (Å²) in [5.74, 6) is 1.54. The first-order valence-electron chi connectivity index (χ1n) is 6.28. The number of rotatable bonds is 4.